The van der Waals surface area contributed by atoms with Crippen LogP contribution in [-0.2, 0) is 20.9 Å². The molecule has 0 unspecified atom stereocenters. The summed E-state index contributed by atoms with van der Waals surface area (Å²) in [5.74, 6) is -0.531. The number of hydrogen-bond acceptors (Lipinski definition) is 5. The van der Waals surface area contributed by atoms with Crippen LogP contribution in [0.1, 0.15) is 12.5 Å². The number of carbonyl (C=O) groups is 2. The Balaban J connectivity index is 1.47. The lowest BCUT2D eigenvalue weighted by Crippen LogP contribution is -2.56. The van der Waals surface area contributed by atoms with Crippen molar-refractivity contribution in [3.05, 3.63) is 54.1 Å². The normalized spacial score (nSPS) is 22.0. The molecule has 0 bridgehead atoms. The van der Waals surface area contributed by atoms with Gasteiger partial charge in [0.1, 0.15) is 5.75 Å². The largest absolute Gasteiger partial charge is 0.466 e. The Labute approximate surface area is 163 Å². The van der Waals surface area contributed by atoms with Gasteiger partial charge in [-0.15, -0.1) is 0 Å². The molecule has 2 heterocycles. The highest BCUT2D eigenvalue weighted by Crippen LogP contribution is 2.33. The lowest BCUT2D eigenvalue weighted by atomic mass is 10.0. The van der Waals surface area contributed by atoms with Gasteiger partial charge in [0.25, 0.3) is 17.4 Å². The molecule has 2 amide bonds. The molecule has 7 nitrogen and oxygen atoms in total. The summed E-state index contributed by atoms with van der Waals surface area (Å²) in [5, 5.41) is 5.56. The van der Waals surface area contributed by atoms with E-state index in [1.165, 1.54) is 6.92 Å². The van der Waals surface area contributed by atoms with Crippen LogP contribution in [0.15, 0.2) is 48.5 Å². The first-order chi connectivity index (χ1) is 13.5. The van der Waals surface area contributed by atoms with Crippen molar-refractivity contribution in [1.82, 2.24) is 4.90 Å². The lowest BCUT2D eigenvalue weighted by Gasteiger charge is -2.33. The number of morpholine rings is 1. The maximum Gasteiger partial charge on any atom is 0.278 e. The van der Waals surface area contributed by atoms with Crippen LogP contribution >= 0.6 is 0 Å². The summed E-state index contributed by atoms with van der Waals surface area (Å²) >= 11 is 0. The highest BCUT2D eigenvalue weighted by Gasteiger charge is 2.47. The average molecular weight is 381 g/mol. The number of nitrogens with zero attached hydrogens (tertiary/aromatic N) is 1. The fraction of sp³-hybridized carbons (Fsp3) is 0.333. The molecule has 0 aromatic heterocycles. The standard InChI is InChI=1S/C21H23N3O4/c1-21(20(26)23-17-7-2-3-8-18(17)28-21)19(25)22-16-6-4-5-15(13-16)14-24-9-11-27-12-10-24/h2-8,13H,9-12,14H2,1H3,(H,22,25)(H,23,26)/t21-/m0/s1. The van der Waals surface area contributed by atoms with E-state index in [9.17, 15) is 9.59 Å². The fourth-order valence-electron chi connectivity index (χ4n) is 3.33. The van der Waals surface area contributed by atoms with E-state index >= 15 is 0 Å². The van der Waals surface area contributed by atoms with Crippen molar-refractivity contribution in [3.63, 3.8) is 0 Å². The Bertz CT molecular complexity index is 895. The van der Waals surface area contributed by atoms with Crippen molar-refractivity contribution in [3.8, 4) is 5.75 Å². The van der Waals surface area contributed by atoms with Gasteiger partial charge in [-0.1, -0.05) is 24.3 Å². The molecule has 1 fully saturated rings. The minimum absolute atomic E-state index is 0.473. The number of amides is 2. The van der Waals surface area contributed by atoms with Gasteiger partial charge in [-0.25, -0.2) is 0 Å². The third-order valence-electron chi connectivity index (χ3n) is 5.01. The second-order valence-corrected chi connectivity index (χ2v) is 7.13. The number of rotatable bonds is 4. The van der Waals surface area contributed by atoms with E-state index in [2.05, 4.69) is 15.5 Å². The topological polar surface area (TPSA) is 79.9 Å². The molecule has 1 saturated heterocycles. The smallest absolute Gasteiger partial charge is 0.278 e. The average Bonchev–Trinajstić information content (AvgIpc) is 2.70. The van der Waals surface area contributed by atoms with Crippen LogP contribution in [-0.4, -0.2) is 48.6 Å². The van der Waals surface area contributed by atoms with E-state index in [4.69, 9.17) is 9.47 Å². The van der Waals surface area contributed by atoms with Crippen LogP contribution in [0.25, 0.3) is 0 Å². The van der Waals surface area contributed by atoms with Crippen LogP contribution in [0.2, 0.25) is 0 Å². The zero-order chi connectivity index (χ0) is 19.6. The molecule has 0 spiro atoms. The number of para-hydroxylation sites is 2. The molecule has 0 saturated carbocycles. The van der Waals surface area contributed by atoms with Gasteiger partial charge in [0, 0.05) is 25.3 Å². The number of ether oxygens (including phenoxy) is 2. The van der Waals surface area contributed by atoms with E-state index < -0.39 is 17.4 Å². The highest BCUT2D eigenvalue weighted by molar-refractivity contribution is 6.19. The van der Waals surface area contributed by atoms with Crippen LogP contribution in [0, 0.1) is 0 Å². The van der Waals surface area contributed by atoms with Crippen LogP contribution in [0.4, 0.5) is 11.4 Å². The number of benzene rings is 2. The SMILES string of the molecule is C[C@@]1(C(=O)Nc2cccc(CN3CCOCC3)c2)Oc2ccccc2NC1=O. The third-order valence-corrected chi connectivity index (χ3v) is 5.01. The van der Waals surface area contributed by atoms with Crippen molar-refractivity contribution >= 4 is 23.2 Å². The second kappa shape index (κ2) is 7.61. The molecule has 2 aromatic carbocycles. The number of hydrogen-bond donors (Lipinski definition) is 2. The molecule has 0 radical (unpaired) electrons. The molecule has 2 aliphatic rings. The predicted octanol–water partition coefficient (Wildman–Crippen LogP) is 2.25. The van der Waals surface area contributed by atoms with Gasteiger partial charge in [-0.2, -0.15) is 0 Å². The summed E-state index contributed by atoms with van der Waals surface area (Å²) in [6.45, 7) is 5.52. The van der Waals surface area contributed by atoms with E-state index in [0.29, 0.717) is 17.1 Å². The first kappa shape index (κ1) is 18.5. The Kier molecular flexibility index (Phi) is 5.02. The quantitative estimate of drug-likeness (QED) is 0.794. The van der Waals surface area contributed by atoms with Crippen molar-refractivity contribution in [2.45, 2.75) is 19.1 Å². The Hall–Kier alpha value is -2.90. The van der Waals surface area contributed by atoms with E-state index in [1.54, 1.807) is 30.3 Å². The number of carbonyl (C=O) groups excluding carboxylic acids is 2. The van der Waals surface area contributed by atoms with E-state index in [0.717, 1.165) is 38.4 Å². The molecule has 7 heteroatoms. The van der Waals surface area contributed by atoms with Gasteiger partial charge in [0.05, 0.1) is 18.9 Å². The molecule has 146 valence electrons. The summed E-state index contributed by atoms with van der Waals surface area (Å²) in [7, 11) is 0. The van der Waals surface area contributed by atoms with E-state index in [-0.39, 0.29) is 0 Å². The maximum atomic E-state index is 12.9. The number of nitrogens with one attached hydrogen (secondary N) is 2. The van der Waals surface area contributed by atoms with Crippen LogP contribution in [0.3, 0.4) is 0 Å². The summed E-state index contributed by atoms with van der Waals surface area (Å²) < 4.78 is 11.1. The van der Waals surface area contributed by atoms with Gasteiger partial charge >= 0.3 is 0 Å². The number of fused-ring (bicyclic) bond motifs is 1. The van der Waals surface area contributed by atoms with Crippen LogP contribution < -0.4 is 15.4 Å². The molecule has 2 aliphatic heterocycles. The fourth-order valence-corrected chi connectivity index (χ4v) is 3.33. The van der Waals surface area contributed by atoms with Gasteiger partial charge in [0.15, 0.2) is 0 Å². The third kappa shape index (κ3) is 3.72. The Morgan fingerprint density at radius 2 is 1.96 bits per heavy atom. The molecule has 2 N–H and O–H groups in total. The minimum atomic E-state index is -1.64. The Morgan fingerprint density at radius 3 is 2.79 bits per heavy atom. The first-order valence-corrected chi connectivity index (χ1v) is 9.34. The van der Waals surface area contributed by atoms with Gasteiger partial charge < -0.3 is 20.1 Å². The second-order valence-electron chi connectivity index (χ2n) is 7.13. The van der Waals surface area contributed by atoms with Crippen molar-refractivity contribution < 1.29 is 19.1 Å². The molecule has 0 aliphatic carbocycles. The van der Waals surface area contributed by atoms with Crippen molar-refractivity contribution in [2.24, 2.45) is 0 Å². The monoisotopic (exact) mass is 381 g/mol. The maximum absolute atomic E-state index is 12.9. The highest BCUT2D eigenvalue weighted by atomic mass is 16.5. The summed E-state index contributed by atoms with van der Waals surface area (Å²) in [5.41, 5.74) is 0.635. The first-order valence-electron chi connectivity index (χ1n) is 9.34. The zero-order valence-electron chi connectivity index (χ0n) is 15.7. The zero-order valence-corrected chi connectivity index (χ0v) is 15.7. The molecular formula is C21H23N3O4. The summed E-state index contributed by atoms with van der Waals surface area (Å²) in [6.07, 6.45) is 0. The molecular weight excluding hydrogens is 358 g/mol. The predicted molar refractivity (Wildman–Crippen MR) is 105 cm³/mol. The van der Waals surface area contributed by atoms with Gasteiger partial charge in [0.2, 0.25) is 0 Å². The minimum Gasteiger partial charge on any atom is -0.466 e. The molecule has 1 atom stereocenters. The van der Waals surface area contributed by atoms with E-state index in [1.807, 2.05) is 18.2 Å². The molecule has 2 aromatic rings. The Morgan fingerprint density at radius 1 is 1.18 bits per heavy atom. The lowest BCUT2D eigenvalue weighted by molar-refractivity contribution is -0.143. The van der Waals surface area contributed by atoms with Gasteiger partial charge in [-0.3, -0.25) is 14.5 Å². The number of anilines is 2. The van der Waals surface area contributed by atoms with Crippen LogP contribution in [0.5, 0.6) is 5.75 Å². The summed E-state index contributed by atoms with van der Waals surface area (Å²) in [6, 6.07) is 14.7. The molecule has 28 heavy (non-hydrogen) atoms. The van der Waals surface area contributed by atoms with Crippen molar-refractivity contribution in [1.29, 1.82) is 0 Å². The van der Waals surface area contributed by atoms with Gasteiger partial charge in [-0.05, 0) is 36.8 Å². The summed E-state index contributed by atoms with van der Waals surface area (Å²) in [4.78, 5) is 27.7. The van der Waals surface area contributed by atoms with Crippen molar-refractivity contribution in [2.75, 3.05) is 36.9 Å². The molecule has 4 rings (SSSR count).